The van der Waals surface area contributed by atoms with Crippen molar-refractivity contribution in [3.63, 3.8) is 0 Å². The number of anilines is 2. The molecule has 3 rings (SSSR count). The Morgan fingerprint density at radius 2 is 1.47 bits per heavy atom. The van der Waals surface area contributed by atoms with Crippen LogP contribution in [-0.4, -0.2) is 17.7 Å². The number of nitrogens with one attached hydrogen (secondary N) is 3. The molecule has 0 fully saturated rings. The SMILES string of the molecule is CC(C)C(=O)Nc1ccc(CNC(=O)c2ccc(NC(=O)c3ccco3)cc2)cc1. The van der Waals surface area contributed by atoms with E-state index >= 15 is 0 Å². The molecule has 0 unspecified atom stereocenters. The second-order valence-electron chi connectivity index (χ2n) is 7.03. The number of amides is 3. The van der Waals surface area contributed by atoms with Crippen molar-refractivity contribution >= 4 is 29.1 Å². The molecule has 2 aromatic carbocycles. The zero-order valence-electron chi connectivity index (χ0n) is 16.8. The Morgan fingerprint density at radius 3 is 2.07 bits per heavy atom. The van der Waals surface area contributed by atoms with Crippen LogP contribution in [0.15, 0.2) is 71.3 Å². The van der Waals surface area contributed by atoms with Crippen LogP contribution in [0.2, 0.25) is 0 Å². The number of rotatable bonds is 7. The van der Waals surface area contributed by atoms with Crippen molar-refractivity contribution in [3.05, 3.63) is 83.8 Å². The molecule has 3 amide bonds. The predicted octanol–water partition coefficient (Wildman–Crippen LogP) is 4.06. The second kappa shape index (κ2) is 9.56. The van der Waals surface area contributed by atoms with Gasteiger partial charge in [-0.25, -0.2) is 0 Å². The largest absolute Gasteiger partial charge is 0.459 e. The molecule has 7 nitrogen and oxygen atoms in total. The number of hydrogen-bond donors (Lipinski definition) is 3. The number of hydrogen-bond acceptors (Lipinski definition) is 4. The monoisotopic (exact) mass is 405 g/mol. The first-order valence-corrected chi connectivity index (χ1v) is 9.55. The molecule has 3 aromatic rings. The van der Waals surface area contributed by atoms with E-state index < -0.39 is 0 Å². The maximum absolute atomic E-state index is 12.4. The number of carbonyl (C=O) groups is 3. The lowest BCUT2D eigenvalue weighted by Gasteiger charge is -2.09. The van der Waals surface area contributed by atoms with E-state index in [4.69, 9.17) is 4.42 Å². The summed E-state index contributed by atoms with van der Waals surface area (Å²) in [6, 6.07) is 17.1. The van der Waals surface area contributed by atoms with E-state index in [0.29, 0.717) is 17.8 Å². The highest BCUT2D eigenvalue weighted by Gasteiger charge is 2.10. The van der Waals surface area contributed by atoms with Crippen LogP contribution in [0.5, 0.6) is 0 Å². The van der Waals surface area contributed by atoms with Gasteiger partial charge in [-0.05, 0) is 54.1 Å². The van der Waals surface area contributed by atoms with Gasteiger partial charge in [0, 0.05) is 29.4 Å². The summed E-state index contributed by atoms with van der Waals surface area (Å²) in [7, 11) is 0. The molecular formula is C23H23N3O4. The van der Waals surface area contributed by atoms with E-state index in [1.165, 1.54) is 6.26 Å². The first kappa shape index (κ1) is 20.9. The van der Waals surface area contributed by atoms with Gasteiger partial charge in [-0.15, -0.1) is 0 Å². The van der Waals surface area contributed by atoms with Crippen LogP contribution in [0.3, 0.4) is 0 Å². The number of benzene rings is 2. The van der Waals surface area contributed by atoms with Crippen LogP contribution in [0.25, 0.3) is 0 Å². The molecule has 0 aliphatic rings. The van der Waals surface area contributed by atoms with Gasteiger partial charge in [-0.1, -0.05) is 26.0 Å². The molecule has 7 heteroatoms. The summed E-state index contributed by atoms with van der Waals surface area (Å²) in [5.74, 6) is -0.499. The van der Waals surface area contributed by atoms with Crippen LogP contribution in [0.4, 0.5) is 11.4 Å². The van der Waals surface area contributed by atoms with Crippen molar-refractivity contribution in [1.29, 1.82) is 0 Å². The van der Waals surface area contributed by atoms with Crippen molar-refractivity contribution in [1.82, 2.24) is 5.32 Å². The molecule has 0 aliphatic carbocycles. The van der Waals surface area contributed by atoms with Gasteiger partial charge in [0.15, 0.2) is 5.76 Å². The quantitative estimate of drug-likeness (QED) is 0.552. The van der Waals surface area contributed by atoms with Crippen LogP contribution >= 0.6 is 0 Å². The number of furan rings is 1. The van der Waals surface area contributed by atoms with Crippen molar-refractivity contribution in [2.45, 2.75) is 20.4 Å². The molecule has 0 saturated carbocycles. The fourth-order valence-corrected chi connectivity index (χ4v) is 2.58. The van der Waals surface area contributed by atoms with Gasteiger partial charge in [-0.2, -0.15) is 0 Å². The summed E-state index contributed by atoms with van der Waals surface area (Å²) in [4.78, 5) is 36.0. The summed E-state index contributed by atoms with van der Waals surface area (Å²) in [5.41, 5.74) is 2.67. The van der Waals surface area contributed by atoms with Gasteiger partial charge in [0.05, 0.1) is 6.26 Å². The first-order valence-electron chi connectivity index (χ1n) is 9.55. The van der Waals surface area contributed by atoms with Crippen LogP contribution < -0.4 is 16.0 Å². The molecule has 0 atom stereocenters. The zero-order chi connectivity index (χ0) is 21.5. The molecule has 30 heavy (non-hydrogen) atoms. The van der Waals surface area contributed by atoms with Gasteiger partial charge in [-0.3, -0.25) is 14.4 Å². The van der Waals surface area contributed by atoms with Crippen molar-refractivity contribution in [3.8, 4) is 0 Å². The summed E-state index contributed by atoms with van der Waals surface area (Å²) in [5, 5.41) is 8.37. The smallest absolute Gasteiger partial charge is 0.291 e. The average molecular weight is 405 g/mol. The average Bonchev–Trinajstić information content (AvgIpc) is 3.28. The Kier molecular flexibility index (Phi) is 6.64. The van der Waals surface area contributed by atoms with Crippen LogP contribution in [-0.2, 0) is 11.3 Å². The molecule has 3 N–H and O–H groups in total. The molecule has 1 aromatic heterocycles. The standard InChI is InChI=1S/C23H23N3O4/c1-15(2)21(27)25-18-9-5-16(6-10-18)14-24-22(28)17-7-11-19(12-8-17)26-23(29)20-4-3-13-30-20/h3-13,15H,14H2,1-2H3,(H,24,28)(H,25,27)(H,26,29). The molecule has 0 radical (unpaired) electrons. The third-order valence-electron chi connectivity index (χ3n) is 4.35. The van der Waals surface area contributed by atoms with Crippen molar-refractivity contribution in [2.75, 3.05) is 10.6 Å². The maximum atomic E-state index is 12.4. The summed E-state index contributed by atoms with van der Waals surface area (Å²) in [6.07, 6.45) is 1.43. The van der Waals surface area contributed by atoms with Gasteiger partial charge in [0.1, 0.15) is 0 Å². The van der Waals surface area contributed by atoms with E-state index in [1.54, 1.807) is 48.5 Å². The van der Waals surface area contributed by atoms with Gasteiger partial charge < -0.3 is 20.4 Å². The van der Waals surface area contributed by atoms with Crippen molar-refractivity contribution in [2.24, 2.45) is 5.92 Å². The zero-order valence-corrected chi connectivity index (χ0v) is 16.8. The van der Waals surface area contributed by atoms with Gasteiger partial charge in [0.25, 0.3) is 11.8 Å². The lowest BCUT2D eigenvalue weighted by molar-refractivity contribution is -0.118. The lowest BCUT2D eigenvalue weighted by atomic mass is 10.1. The molecule has 0 bridgehead atoms. The third kappa shape index (κ3) is 5.57. The Balaban J connectivity index is 1.51. The molecule has 0 aliphatic heterocycles. The normalized spacial score (nSPS) is 10.5. The predicted molar refractivity (Wildman–Crippen MR) is 114 cm³/mol. The highest BCUT2D eigenvalue weighted by molar-refractivity contribution is 6.02. The van der Waals surface area contributed by atoms with E-state index in [-0.39, 0.29) is 29.4 Å². The first-order chi connectivity index (χ1) is 14.4. The summed E-state index contributed by atoms with van der Waals surface area (Å²) >= 11 is 0. The highest BCUT2D eigenvalue weighted by Crippen LogP contribution is 2.13. The fourth-order valence-electron chi connectivity index (χ4n) is 2.58. The Labute approximate surface area is 174 Å². The number of carbonyl (C=O) groups excluding carboxylic acids is 3. The lowest BCUT2D eigenvalue weighted by Crippen LogP contribution is -2.23. The van der Waals surface area contributed by atoms with Crippen LogP contribution in [0, 0.1) is 5.92 Å². The van der Waals surface area contributed by atoms with Crippen LogP contribution in [0.1, 0.15) is 40.3 Å². The summed E-state index contributed by atoms with van der Waals surface area (Å²) in [6.45, 7) is 4.02. The Morgan fingerprint density at radius 1 is 0.833 bits per heavy atom. The highest BCUT2D eigenvalue weighted by atomic mass is 16.3. The van der Waals surface area contributed by atoms with Gasteiger partial charge >= 0.3 is 0 Å². The minimum absolute atomic E-state index is 0.0418. The summed E-state index contributed by atoms with van der Waals surface area (Å²) < 4.78 is 5.04. The second-order valence-corrected chi connectivity index (χ2v) is 7.03. The van der Waals surface area contributed by atoms with E-state index in [1.807, 2.05) is 26.0 Å². The molecule has 154 valence electrons. The molecule has 1 heterocycles. The van der Waals surface area contributed by atoms with E-state index in [0.717, 1.165) is 11.3 Å². The minimum Gasteiger partial charge on any atom is -0.459 e. The van der Waals surface area contributed by atoms with E-state index in [2.05, 4.69) is 16.0 Å². The third-order valence-corrected chi connectivity index (χ3v) is 4.35. The van der Waals surface area contributed by atoms with Gasteiger partial charge in [0.2, 0.25) is 5.91 Å². The maximum Gasteiger partial charge on any atom is 0.291 e. The fraction of sp³-hybridized carbons (Fsp3) is 0.174. The molecule has 0 saturated heterocycles. The minimum atomic E-state index is -0.356. The molecule has 0 spiro atoms. The van der Waals surface area contributed by atoms with Crippen molar-refractivity contribution < 1.29 is 18.8 Å². The molecular weight excluding hydrogens is 382 g/mol. The topological polar surface area (TPSA) is 100 Å². The Bertz CT molecular complexity index is 1010. The Hall–Kier alpha value is -3.87. The van der Waals surface area contributed by atoms with E-state index in [9.17, 15) is 14.4 Å².